The van der Waals surface area contributed by atoms with Gasteiger partial charge in [0.05, 0.1) is 0 Å². The molecule has 3 aromatic rings. The molecule has 0 fully saturated rings. The predicted molar refractivity (Wildman–Crippen MR) is 117 cm³/mol. The fraction of sp³-hybridized carbons (Fsp3) is 0.200. The van der Waals surface area contributed by atoms with Crippen molar-refractivity contribution in [3.8, 4) is 17.2 Å². The van der Waals surface area contributed by atoms with E-state index in [1.54, 1.807) is 36.2 Å². The Morgan fingerprint density at radius 2 is 1.65 bits per heavy atom. The van der Waals surface area contributed by atoms with Crippen molar-refractivity contribution in [3.05, 3.63) is 83.4 Å². The minimum atomic E-state index is -0.325. The fourth-order valence-electron chi connectivity index (χ4n) is 3.27. The number of amides is 1. The molecule has 158 valence electrons. The summed E-state index contributed by atoms with van der Waals surface area (Å²) in [5.74, 6) is 1.43. The van der Waals surface area contributed by atoms with Gasteiger partial charge in [-0.2, -0.15) is 0 Å². The maximum Gasteiger partial charge on any atom is 0.311 e. The number of carbonyl (C=O) groups is 2. The summed E-state index contributed by atoms with van der Waals surface area (Å²) in [6, 6.07) is 20.0. The molecule has 0 bridgehead atoms. The lowest BCUT2D eigenvalue weighted by molar-refractivity contribution is -0.134. The summed E-state index contributed by atoms with van der Waals surface area (Å²) in [6.45, 7) is 2.20. The highest BCUT2D eigenvalue weighted by molar-refractivity contribution is 6.05. The molecule has 1 heterocycles. The van der Waals surface area contributed by atoms with Crippen molar-refractivity contribution in [1.29, 1.82) is 0 Å². The Kier molecular flexibility index (Phi) is 5.89. The van der Waals surface area contributed by atoms with Gasteiger partial charge in [-0.25, -0.2) is 0 Å². The third kappa shape index (κ3) is 4.86. The standard InChI is InChI=1S/C25H23NO5/c1-17-3-7-19(8-4-17)25(28)26(2)20-9-11-21(12-10-20)31-24(27)14-6-18-5-13-22-23(15-18)30-16-29-22/h3-5,7-13,15H,6,14,16H2,1-2H3. The second kappa shape index (κ2) is 8.92. The molecule has 1 aliphatic heterocycles. The van der Waals surface area contributed by atoms with Gasteiger partial charge in [-0.05, 0) is 67.4 Å². The van der Waals surface area contributed by atoms with Crippen molar-refractivity contribution in [1.82, 2.24) is 0 Å². The van der Waals surface area contributed by atoms with Gasteiger partial charge in [0, 0.05) is 24.7 Å². The highest BCUT2D eigenvalue weighted by atomic mass is 16.7. The number of anilines is 1. The molecule has 0 aromatic heterocycles. The van der Waals surface area contributed by atoms with E-state index in [1.807, 2.05) is 49.4 Å². The Bertz CT molecular complexity index is 1090. The minimum absolute atomic E-state index is 0.103. The van der Waals surface area contributed by atoms with E-state index < -0.39 is 0 Å². The second-order valence-electron chi connectivity index (χ2n) is 7.39. The molecule has 0 aliphatic carbocycles. The van der Waals surface area contributed by atoms with Crippen molar-refractivity contribution in [2.75, 3.05) is 18.7 Å². The number of carbonyl (C=O) groups excluding carboxylic acids is 2. The number of aryl methyl sites for hydroxylation is 2. The van der Waals surface area contributed by atoms with Crippen LogP contribution >= 0.6 is 0 Å². The Balaban J connectivity index is 1.32. The van der Waals surface area contributed by atoms with Crippen LogP contribution in [0.2, 0.25) is 0 Å². The largest absolute Gasteiger partial charge is 0.454 e. The van der Waals surface area contributed by atoms with Gasteiger partial charge >= 0.3 is 5.97 Å². The van der Waals surface area contributed by atoms with Gasteiger partial charge in [0.15, 0.2) is 11.5 Å². The zero-order chi connectivity index (χ0) is 21.8. The third-order valence-corrected chi connectivity index (χ3v) is 5.11. The van der Waals surface area contributed by atoms with E-state index in [-0.39, 0.29) is 25.1 Å². The first kappa shape index (κ1) is 20.5. The first-order valence-electron chi connectivity index (χ1n) is 10.0. The molecule has 31 heavy (non-hydrogen) atoms. The monoisotopic (exact) mass is 417 g/mol. The maximum absolute atomic E-state index is 12.6. The summed E-state index contributed by atoms with van der Waals surface area (Å²) in [5.41, 5.74) is 3.41. The predicted octanol–water partition coefficient (Wildman–Crippen LogP) is 4.54. The van der Waals surface area contributed by atoms with Crippen molar-refractivity contribution in [3.63, 3.8) is 0 Å². The Hall–Kier alpha value is -3.80. The van der Waals surface area contributed by atoms with Gasteiger partial charge < -0.3 is 19.1 Å². The van der Waals surface area contributed by atoms with Gasteiger partial charge in [-0.3, -0.25) is 9.59 Å². The van der Waals surface area contributed by atoms with E-state index in [9.17, 15) is 9.59 Å². The summed E-state index contributed by atoms with van der Waals surface area (Å²) in [6.07, 6.45) is 0.786. The number of fused-ring (bicyclic) bond motifs is 1. The molecule has 1 aliphatic rings. The van der Waals surface area contributed by atoms with Gasteiger partial charge in [0.2, 0.25) is 6.79 Å². The third-order valence-electron chi connectivity index (χ3n) is 5.11. The van der Waals surface area contributed by atoms with Crippen LogP contribution in [0.4, 0.5) is 5.69 Å². The average Bonchev–Trinajstić information content (AvgIpc) is 3.26. The Morgan fingerprint density at radius 3 is 2.39 bits per heavy atom. The summed E-state index contributed by atoms with van der Waals surface area (Å²) in [5, 5.41) is 0. The summed E-state index contributed by atoms with van der Waals surface area (Å²) in [7, 11) is 1.72. The zero-order valence-electron chi connectivity index (χ0n) is 17.5. The van der Waals surface area contributed by atoms with E-state index in [0.29, 0.717) is 29.2 Å². The van der Waals surface area contributed by atoms with Gasteiger partial charge in [-0.1, -0.05) is 23.8 Å². The molecule has 0 N–H and O–H groups in total. The van der Waals surface area contributed by atoms with E-state index >= 15 is 0 Å². The Labute approximate surface area is 181 Å². The average molecular weight is 417 g/mol. The van der Waals surface area contributed by atoms with E-state index in [0.717, 1.165) is 16.9 Å². The lowest BCUT2D eigenvalue weighted by atomic mass is 10.1. The molecule has 0 unspecified atom stereocenters. The van der Waals surface area contributed by atoms with Crippen LogP contribution in [0.25, 0.3) is 0 Å². The minimum Gasteiger partial charge on any atom is -0.454 e. The van der Waals surface area contributed by atoms with Crippen LogP contribution in [-0.4, -0.2) is 25.7 Å². The molecule has 4 rings (SSSR count). The number of rotatable bonds is 6. The molecule has 6 heteroatoms. The topological polar surface area (TPSA) is 65.1 Å². The van der Waals surface area contributed by atoms with Crippen LogP contribution < -0.4 is 19.1 Å². The van der Waals surface area contributed by atoms with Crippen LogP contribution in [0, 0.1) is 6.92 Å². The molecular formula is C25H23NO5. The number of nitrogens with zero attached hydrogens (tertiary/aromatic N) is 1. The normalized spacial score (nSPS) is 11.8. The molecule has 0 spiro atoms. The number of benzene rings is 3. The SMILES string of the molecule is Cc1ccc(C(=O)N(C)c2ccc(OC(=O)CCc3ccc4c(c3)OCO4)cc2)cc1. The second-order valence-corrected chi connectivity index (χ2v) is 7.39. The van der Waals surface area contributed by atoms with Crippen molar-refractivity contribution < 1.29 is 23.8 Å². The number of esters is 1. The number of hydrogen-bond acceptors (Lipinski definition) is 5. The molecule has 1 amide bonds. The summed E-state index contributed by atoms with van der Waals surface area (Å²) in [4.78, 5) is 26.4. The molecular weight excluding hydrogens is 394 g/mol. The fourth-order valence-corrected chi connectivity index (χ4v) is 3.27. The molecule has 3 aromatic carbocycles. The molecule has 0 saturated heterocycles. The van der Waals surface area contributed by atoms with Crippen molar-refractivity contribution in [2.45, 2.75) is 19.8 Å². The summed E-state index contributed by atoms with van der Waals surface area (Å²) < 4.78 is 16.1. The molecule has 0 saturated carbocycles. The van der Waals surface area contributed by atoms with E-state index in [4.69, 9.17) is 14.2 Å². The van der Waals surface area contributed by atoms with Crippen LogP contribution in [0.5, 0.6) is 17.2 Å². The smallest absolute Gasteiger partial charge is 0.311 e. The van der Waals surface area contributed by atoms with Crippen molar-refractivity contribution >= 4 is 17.6 Å². The molecule has 0 atom stereocenters. The van der Waals surface area contributed by atoms with Crippen molar-refractivity contribution in [2.24, 2.45) is 0 Å². The van der Waals surface area contributed by atoms with Crippen LogP contribution in [-0.2, 0) is 11.2 Å². The van der Waals surface area contributed by atoms with Gasteiger partial charge in [0.1, 0.15) is 5.75 Å². The lowest BCUT2D eigenvalue weighted by Crippen LogP contribution is -2.26. The van der Waals surface area contributed by atoms with Crippen LogP contribution in [0.15, 0.2) is 66.7 Å². The number of hydrogen-bond donors (Lipinski definition) is 0. The quantitative estimate of drug-likeness (QED) is 0.435. The number of ether oxygens (including phenoxy) is 3. The van der Waals surface area contributed by atoms with Gasteiger partial charge in [0.25, 0.3) is 5.91 Å². The highest BCUT2D eigenvalue weighted by Gasteiger charge is 2.15. The van der Waals surface area contributed by atoms with Crippen LogP contribution in [0.3, 0.4) is 0 Å². The first-order valence-corrected chi connectivity index (χ1v) is 10.0. The zero-order valence-corrected chi connectivity index (χ0v) is 17.5. The van der Waals surface area contributed by atoms with E-state index in [1.165, 1.54) is 0 Å². The summed E-state index contributed by atoms with van der Waals surface area (Å²) >= 11 is 0. The Morgan fingerprint density at radius 1 is 0.935 bits per heavy atom. The van der Waals surface area contributed by atoms with Crippen LogP contribution in [0.1, 0.15) is 27.9 Å². The first-order chi connectivity index (χ1) is 15.0. The van der Waals surface area contributed by atoms with Gasteiger partial charge in [-0.15, -0.1) is 0 Å². The maximum atomic E-state index is 12.6. The van der Waals surface area contributed by atoms with E-state index in [2.05, 4.69) is 0 Å². The lowest BCUT2D eigenvalue weighted by Gasteiger charge is -2.18. The highest BCUT2D eigenvalue weighted by Crippen LogP contribution is 2.32. The molecule has 6 nitrogen and oxygen atoms in total. The molecule has 0 radical (unpaired) electrons.